The van der Waals surface area contributed by atoms with Crippen molar-refractivity contribution in [1.82, 2.24) is 0 Å². The van der Waals surface area contributed by atoms with Crippen LogP contribution in [0.5, 0.6) is 0 Å². The number of hydrogen-bond acceptors (Lipinski definition) is 2. The molecule has 0 unspecified atom stereocenters. The summed E-state index contributed by atoms with van der Waals surface area (Å²) in [6.45, 7) is 14.5. The first-order valence-electron chi connectivity index (χ1n) is 6.86. The molecule has 0 atom stereocenters. The zero-order chi connectivity index (χ0) is 13.6. The Morgan fingerprint density at radius 1 is 0.588 bits per heavy atom. The maximum absolute atomic E-state index is 4.78. The summed E-state index contributed by atoms with van der Waals surface area (Å²) >= 11 is 0. The molecule has 0 spiro atoms. The van der Waals surface area contributed by atoms with Crippen LogP contribution in [0.25, 0.3) is 0 Å². The van der Waals surface area contributed by atoms with Crippen molar-refractivity contribution >= 4 is 31.0 Å². The first kappa shape index (κ1) is 17.6. The van der Waals surface area contributed by atoms with Gasteiger partial charge in [0.05, 0.1) is 0 Å². The summed E-state index contributed by atoms with van der Waals surface area (Å²) in [4.78, 5) is 0. The second-order valence-corrected chi connectivity index (χ2v) is 10.7. The van der Waals surface area contributed by atoms with Gasteiger partial charge in [0.25, 0.3) is 10.0 Å². The van der Waals surface area contributed by atoms with Crippen LogP contribution in [-0.4, -0.2) is 31.0 Å². The van der Waals surface area contributed by atoms with Crippen LogP contribution >= 0.6 is 0 Å². The molecule has 2 nitrogen and oxygen atoms in total. The van der Waals surface area contributed by atoms with Crippen molar-refractivity contribution < 1.29 is 8.23 Å². The SMILES string of the molecule is CC1C(C)C(C)C(C)C(C)C1C.[SiH3]O[SiH2]O[SiH3]. The summed E-state index contributed by atoms with van der Waals surface area (Å²) < 4.78 is 9.56. The summed E-state index contributed by atoms with van der Waals surface area (Å²) in [7, 11) is 1.27. The fraction of sp³-hybridized carbons (Fsp3) is 1.00. The van der Waals surface area contributed by atoms with Crippen LogP contribution in [0.1, 0.15) is 41.5 Å². The average Bonchev–Trinajstić information content (AvgIpc) is 2.33. The van der Waals surface area contributed by atoms with Crippen molar-refractivity contribution in [2.24, 2.45) is 35.5 Å². The highest BCUT2D eigenvalue weighted by Crippen LogP contribution is 2.44. The van der Waals surface area contributed by atoms with E-state index in [1.165, 1.54) is 0 Å². The van der Waals surface area contributed by atoms with E-state index in [-0.39, 0.29) is 0 Å². The van der Waals surface area contributed by atoms with Crippen LogP contribution in [0.3, 0.4) is 0 Å². The fourth-order valence-corrected chi connectivity index (χ4v) is 6.05. The minimum absolute atomic E-state index is 0.444. The van der Waals surface area contributed by atoms with Gasteiger partial charge in [-0.1, -0.05) is 41.5 Å². The molecule has 0 aromatic rings. The Balaban J connectivity index is 0.000000437. The molecule has 1 rings (SSSR count). The van der Waals surface area contributed by atoms with Crippen molar-refractivity contribution in [2.45, 2.75) is 41.5 Å². The molecule has 0 saturated heterocycles. The Morgan fingerprint density at radius 3 is 0.824 bits per heavy atom. The van der Waals surface area contributed by atoms with Gasteiger partial charge in [-0.05, 0) is 35.5 Å². The Morgan fingerprint density at radius 2 is 0.765 bits per heavy atom. The first-order chi connectivity index (χ1) is 7.88. The molecule has 0 aliphatic heterocycles. The topological polar surface area (TPSA) is 18.5 Å². The molecule has 17 heavy (non-hydrogen) atoms. The van der Waals surface area contributed by atoms with Gasteiger partial charge in [-0.15, -0.1) is 0 Å². The van der Waals surface area contributed by atoms with Gasteiger partial charge in [0, 0.05) is 0 Å². The van der Waals surface area contributed by atoms with Crippen LogP contribution in [0, 0.1) is 35.5 Å². The van der Waals surface area contributed by atoms with E-state index >= 15 is 0 Å². The maximum atomic E-state index is 4.78. The maximum Gasteiger partial charge on any atom is 0.282 e. The van der Waals surface area contributed by atoms with Crippen LogP contribution in [0.15, 0.2) is 0 Å². The van der Waals surface area contributed by atoms with Gasteiger partial charge in [-0.25, -0.2) is 0 Å². The molecule has 1 saturated carbocycles. The number of hydrogen-bond donors (Lipinski definition) is 0. The highest BCUT2D eigenvalue weighted by atomic mass is 28.3. The summed E-state index contributed by atoms with van der Waals surface area (Å²) in [6, 6.07) is 0. The lowest BCUT2D eigenvalue weighted by atomic mass is 9.60. The van der Waals surface area contributed by atoms with E-state index in [0.717, 1.165) is 56.5 Å². The van der Waals surface area contributed by atoms with E-state index < -0.39 is 10.0 Å². The Bertz CT molecular complexity index is 144. The second kappa shape index (κ2) is 8.63. The zero-order valence-corrected chi connectivity index (χ0v) is 18.4. The van der Waals surface area contributed by atoms with E-state index in [4.69, 9.17) is 8.23 Å². The van der Waals surface area contributed by atoms with Gasteiger partial charge in [-0.2, -0.15) is 0 Å². The molecule has 1 aliphatic rings. The van der Waals surface area contributed by atoms with Crippen molar-refractivity contribution in [3.05, 3.63) is 0 Å². The van der Waals surface area contributed by atoms with E-state index in [1.54, 1.807) is 0 Å². The molecule has 0 bridgehead atoms. The molecular weight excluding hydrogens is 260 g/mol. The third-order valence-electron chi connectivity index (χ3n) is 5.21. The van der Waals surface area contributed by atoms with Crippen LogP contribution in [0.2, 0.25) is 0 Å². The van der Waals surface area contributed by atoms with Crippen molar-refractivity contribution in [3.8, 4) is 0 Å². The van der Waals surface area contributed by atoms with Gasteiger partial charge >= 0.3 is 0 Å². The van der Waals surface area contributed by atoms with Crippen molar-refractivity contribution in [2.75, 3.05) is 0 Å². The third-order valence-corrected chi connectivity index (χ3v) is 7.10. The zero-order valence-electron chi connectivity index (χ0n) is 13.0. The Hall–Kier alpha value is 0.571. The lowest BCUT2D eigenvalue weighted by Crippen LogP contribution is -2.39. The lowest BCUT2D eigenvalue weighted by Gasteiger charge is -2.45. The van der Waals surface area contributed by atoms with Crippen LogP contribution in [-0.2, 0) is 8.23 Å². The minimum atomic E-state index is -0.444. The van der Waals surface area contributed by atoms with Crippen molar-refractivity contribution in [3.63, 3.8) is 0 Å². The molecule has 0 N–H and O–H groups in total. The van der Waals surface area contributed by atoms with Crippen molar-refractivity contribution in [1.29, 1.82) is 0 Å². The average molecular weight is 293 g/mol. The van der Waals surface area contributed by atoms with E-state index in [2.05, 4.69) is 41.5 Å². The summed E-state index contributed by atoms with van der Waals surface area (Å²) in [5, 5.41) is 0. The molecule has 0 aromatic heterocycles. The smallest absolute Gasteiger partial charge is 0.282 e. The predicted molar refractivity (Wildman–Crippen MR) is 85.6 cm³/mol. The van der Waals surface area contributed by atoms with E-state index in [1.807, 2.05) is 0 Å². The van der Waals surface area contributed by atoms with E-state index in [0.29, 0.717) is 0 Å². The standard InChI is InChI=1S/C12H24.H8O2Si3/c1-7-8(2)10(4)12(6)11(5)9(7)3;3-1-5-2-4/h7-12H,1-6H3;5H2,3-4H3. The molecular formula is C12H32O2Si3. The summed E-state index contributed by atoms with van der Waals surface area (Å²) in [5.74, 6) is 5.45. The van der Waals surface area contributed by atoms with Gasteiger partial charge < -0.3 is 8.23 Å². The molecule has 1 aliphatic carbocycles. The molecule has 0 amide bonds. The van der Waals surface area contributed by atoms with Gasteiger partial charge in [0.1, 0.15) is 21.0 Å². The van der Waals surface area contributed by atoms with Gasteiger partial charge in [0.2, 0.25) is 0 Å². The molecule has 1 fully saturated rings. The number of rotatable bonds is 2. The molecule has 104 valence electrons. The predicted octanol–water partition coefficient (Wildman–Crippen LogP) is 0.396. The molecule has 5 heteroatoms. The molecule has 0 radical (unpaired) electrons. The summed E-state index contributed by atoms with van der Waals surface area (Å²) in [6.07, 6.45) is 0. The Kier molecular flexibility index (Phi) is 8.92. The quantitative estimate of drug-likeness (QED) is 0.686. The fourth-order valence-electron chi connectivity index (χ4n) is 2.99. The second-order valence-electron chi connectivity index (χ2n) is 5.85. The normalized spacial score (nSPS) is 42.7. The third kappa shape index (κ3) is 4.98. The van der Waals surface area contributed by atoms with Gasteiger partial charge in [0.15, 0.2) is 0 Å². The van der Waals surface area contributed by atoms with Crippen LogP contribution < -0.4 is 0 Å². The Labute approximate surface area is 116 Å². The van der Waals surface area contributed by atoms with Crippen LogP contribution in [0.4, 0.5) is 0 Å². The summed E-state index contributed by atoms with van der Waals surface area (Å²) in [5.41, 5.74) is 0. The highest BCUT2D eigenvalue weighted by molar-refractivity contribution is 6.33. The molecule has 0 heterocycles. The minimum Gasteiger partial charge on any atom is -0.449 e. The lowest BCUT2D eigenvalue weighted by molar-refractivity contribution is 0.0302. The van der Waals surface area contributed by atoms with Gasteiger partial charge in [-0.3, -0.25) is 0 Å². The monoisotopic (exact) mass is 292 g/mol. The van der Waals surface area contributed by atoms with E-state index in [9.17, 15) is 0 Å². The largest absolute Gasteiger partial charge is 0.449 e. The first-order valence-corrected chi connectivity index (χ1v) is 9.65. The molecule has 0 aromatic carbocycles. The highest BCUT2D eigenvalue weighted by Gasteiger charge is 2.38.